The maximum Gasteiger partial charge on any atom is 0.333 e. The smallest absolute Gasteiger partial charge is 0.333 e. The summed E-state index contributed by atoms with van der Waals surface area (Å²) < 4.78 is 38.7. The number of aromatic nitrogens is 4. The molecule has 4 rings (SSSR count). The molecule has 0 unspecified atom stereocenters. The van der Waals surface area contributed by atoms with Crippen molar-refractivity contribution in [2.45, 2.75) is 25.9 Å². The minimum absolute atomic E-state index is 0.0315. The molecule has 3 heterocycles. The zero-order chi connectivity index (χ0) is 24.9. The van der Waals surface area contributed by atoms with E-state index >= 15 is 0 Å². The Morgan fingerprint density at radius 1 is 1.31 bits per heavy atom. The van der Waals surface area contributed by atoms with Crippen molar-refractivity contribution in [3.63, 3.8) is 0 Å². The Kier molecular flexibility index (Phi) is 7.51. The van der Waals surface area contributed by atoms with E-state index in [2.05, 4.69) is 15.1 Å². The summed E-state index contributed by atoms with van der Waals surface area (Å²) in [4.78, 5) is 21.5. The number of nitrogen functional groups attached to an aromatic ring is 1. The number of anilines is 1. The molecule has 0 amide bonds. The van der Waals surface area contributed by atoms with E-state index in [1.807, 2.05) is 18.2 Å². The number of hydrogen-bond donors (Lipinski definition) is 2. The Bertz CT molecular complexity index is 1170. The van der Waals surface area contributed by atoms with Crippen LogP contribution in [0.15, 0.2) is 36.5 Å². The van der Waals surface area contributed by atoms with E-state index in [0.717, 1.165) is 5.56 Å². The third-order valence-electron chi connectivity index (χ3n) is 5.64. The van der Waals surface area contributed by atoms with E-state index in [0.29, 0.717) is 47.1 Å². The minimum Gasteiger partial charge on any atom is -0.492 e. The lowest BCUT2D eigenvalue weighted by Gasteiger charge is -2.32. The highest BCUT2D eigenvalue weighted by molar-refractivity contribution is 5.73. The molecule has 1 fully saturated rings. The summed E-state index contributed by atoms with van der Waals surface area (Å²) in [5.41, 5.74) is 8.29. The topological polar surface area (TPSA) is 129 Å². The van der Waals surface area contributed by atoms with Crippen molar-refractivity contribution in [2.75, 3.05) is 38.6 Å². The van der Waals surface area contributed by atoms with Crippen LogP contribution in [0.4, 0.5) is 14.7 Å². The molecule has 0 saturated carbocycles. The van der Waals surface area contributed by atoms with Gasteiger partial charge < -0.3 is 20.3 Å². The quantitative estimate of drug-likeness (QED) is 0.466. The molecule has 1 aliphatic heterocycles. The number of aliphatic carboxylic acids is 1. The molecule has 35 heavy (non-hydrogen) atoms. The fourth-order valence-corrected chi connectivity index (χ4v) is 3.99. The first-order chi connectivity index (χ1) is 16.8. The molecule has 0 spiro atoms. The van der Waals surface area contributed by atoms with Crippen LogP contribution in [0.25, 0.3) is 11.4 Å². The molecule has 1 aliphatic rings. The van der Waals surface area contributed by atoms with Gasteiger partial charge in [0.25, 0.3) is 0 Å². The van der Waals surface area contributed by atoms with Crippen LogP contribution in [0.3, 0.4) is 0 Å². The van der Waals surface area contributed by atoms with Gasteiger partial charge in [0.05, 0.1) is 18.9 Å². The molecule has 12 heteroatoms. The number of hydrogen-bond acceptors (Lipinski definition) is 8. The van der Waals surface area contributed by atoms with E-state index in [1.54, 1.807) is 24.0 Å². The zero-order valence-electron chi connectivity index (χ0n) is 19.1. The van der Waals surface area contributed by atoms with Crippen LogP contribution >= 0.6 is 0 Å². The van der Waals surface area contributed by atoms with Gasteiger partial charge in [-0.25, -0.2) is 14.6 Å². The predicted molar refractivity (Wildman–Crippen MR) is 122 cm³/mol. The Hall–Kier alpha value is -3.64. The summed E-state index contributed by atoms with van der Waals surface area (Å²) in [6, 6.07) is 8.19. The average molecular weight is 488 g/mol. The maximum atomic E-state index is 13.4. The summed E-state index contributed by atoms with van der Waals surface area (Å²) in [5, 5.41) is 13.4. The van der Waals surface area contributed by atoms with Crippen LogP contribution < -0.4 is 10.5 Å². The molecule has 1 aromatic carbocycles. The van der Waals surface area contributed by atoms with Gasteiger partial charge in [-0.15, -0.1) is 0 Å². The highest BCUT2D eigenvalue weighted by Gasteiger charge is 2.29. The molecular weight excluding hydrogens is 462 g/mol. The third-order valence-corrected chi connectivity index (χ3v) is 5.64. The largest absolute Gasteiger partial charge is 0.492 e. The lowest BCUT2D eigenvalue weighted by Crippen LogP contribution is -2.51. The van der Waals surface area contributed by atoms with Gasteiger partial charge >= 0.3 is 12.5 Å². The second kappa shape index (κ2) is 10.7. The summed E-state index contributed by atoms with van der Waals surface area (Å²) in [6.07, 6.45) is 1.55. The number of carboxylic acid groups (broad SMARTS) is 1. The number of benzene rings is 1. The molecule has 10 nitrogen and oxygen atoms in total. The summed E-state index contributed by atoms with van der Waals surface area (Å²) >= 11 is 0. The monoisotopic (exact) mass is 488 g/mol. The van der Waals surface area contributed by atoms with Gasteiger partial charge in [0.15, 0.2) is 0 Å². The first-order valence-corrected chi connectivity index (χ1v) is 11.0. The van der Waals surface area contributed by atoms with Crippen LogP contribution in [0.1, 0.15) is 23.4 Å². The first-order valence-electron chi connectivity index (χ1n) is 11.0. The van der Waals surface area contributed by atoms with E-state index in [9.17, 15) is 18.7 Å². The Labute approximate surface area is 200 Å². The average Bonchev–Trinajstić information content (AvgIpc) is 3.24. The molecule has 1 atom stereocenters. The van der Waals surface area contributed by atoms with Crippen LogP contribution in [-0.2, 0) is 16.0 Å². The first kappa shape index (κ1) is 24.5. The second-order valence-electron chi connectivity index (χ2n) is 8.11. The number of nitrogens with two attached hydrogens (primary N) is 1. The van der Waals surface area contributed by atoms with Crippen molar-refractivity contribution >= 4 is 11.9 Å². The normalized spacial score (nSPS) is 16.5. The molecule has 2 aromatic heterocycles. The van der Waals surface area contributed by atoms with Gasteiger partial charge in [-0.3, -0.25) is 9.69 Å². The van der Waals surface area contributed by atoms with Crippen LogP contribution in [-0.4, -0.2) is 74.7 Å². The standard InChI is InChI=1S/C23H26F2N6O4/c1-14-10-17(28-23(26)27-14)20-16(12-31(29-20)22(24)25)11-15-4-2-3-5-19(15)35-9-7-30-6-8-34-13-18(30)21(32)33/h2-5,10,12,18,22H,6-9,11,13H2,1H3,(H,32,33)(H2,26,27,28)/t18-/m1/s1. The van der Waals surface area contributed by atoms with Gasteiger partial charge in [0, 0.05) is 37.0 Å². The molecule has 0 bridgehead atoms. The maximum absolute atomic E-state index is 13.4. The van der Waals surface area contributed by atoms with Crippen molar-refractivity contribution in [3.05, 3.63) is 53.3 Å². The molecule has 0 radical (unpaired) electrons. The lowest BCUT2D eigenvalue weighted by molar-refractivity contribution is -0.149. The van der Waals surface area contributed by atoms with E-state index in [4.69, 9.17) is 15.2 Å². The number of para-hydroxylation sites is 1. The van der Waals surface area contributed by atoms with Gasteiger partial charge in [-0.1, -0.05) is 18.2 Å². The molecule has 186 valence electrons. The molecule has 3 aromatic rings. The SMILES string of the molecule is Cc1cc(-c2nn(C(F)F)cc2Cc2ccccc2OCCN2CCOC[C@@H]2C(=O)O)nc(N)n1. The van der Waals surface area contributed by atoms with Crippen LogP contribution in [0.5, 0.6) is 5.75 Å². The number of morpholine rings is 1. The van der Waals surface area contributed by atoms with Gasteiger partial charge in [-0.05, 0) is 24.6 Å². The second-order valence-corrected chi connectivity index (χ2v) is 8.11. The van der Waals surface area contributed by atoms with Gasteiger partial charge in [-0.2, -0.15) is 13.9 Å². The zero-order valence-corrected chi connectivity index (χ0v) is 19.1. The lowest BCUT2D eigenvalue weighted by atomic mass is 10.0. The number of nitrogens with zero attached hydrogens (tertiary/aromatic N) is 5. The van der Waals surface area contributed by atoms with Crippen molar-refractivity contribution in [1.82, 2.24) is 24.6 Å². The Morgan fingerprint density at radius 3 is 2.86 bits per heavy atom. The third kappa shape index (κ3) is 5.89. The number of halogens is 2. The molecular formula is C23H26F2N6O4. The van der Waals surface area contributed by atoms with Crippen LogP contribution in [0.2, 0.25) is 0 Å². The Balaban J connectivity index is 1.54. The van der Waals surface area contributed by atoms with Crippen molar-refractivity contribution in [2.24, 2.45) is 0 Å². The molecule has 0 aliphatic carbocycles. The van der Waals surface area contributed by atoms with Crippen LogP contribution in [0, 0.1) is 6.92 Å². The van der Waals surface area contributed by atoms with Crippen molar-refractivity contribution in [3.8, 4) is 17.1 Å². The fourth-order valence-electron chi connectivity index (χ4n) is 3.99. The summed E-state index contributed by atoms with van der Waals surface area (Å²) in [7, 11) is 0. The highest BCUT2D eigenvalue weighted by atomic mass is 19.3. The van der Waals surface area contributed by atoms with E-state index in [-0.39, 0.29) is 31.3 Å². The highest BCUT2D eigenvalue weighted by Crippen LogP contribution is 2.29. The number of ether oxygens (including phenoxy) is 2. The van der Waals surface area contributed by atoms with Crippen molar-refractivity contribution in [1.29, 1.82) is 0 Å². The van der Waals surface area contributed by atoms with Gasteiger partial charge in [0.2, 0.25) is 5.95 Å². The number of carboxylic acids is 1. The fraction of sp³-hybridized carbons (Fsp3) is 0.391. The Morgan fingerprint density at radius 2 is 2.11 bits per heavy atom. The van der Waals surface area contributed by atoms with Gasteiger partial charge in [0.1, 0.15) is 24.1 Å². The van der Waals surface area contributed by atoms with Crippen molar-refractivity contribution < 1.29 is 28.2 Å². The van der Waals surface area contributed by atoms with E-state index < -0.39 is 18.6 Å². The molecule has 3 N–H and O–H groups in total. The number of aryl methyl sites for hydroxylation is 1. The summed E-state index contributed by atoms with van der Waals surface area (Å²) in [6.45, 7) is 0.677. The number of rotatable bonds is 9. The van der Waals surface area contributed by atoms with E-state index in [1.165, 1.54) is 6.20 Å². The minimum atomic E-state index is -2.81. The molecule has 1 saturated heterocycles. The number of carbonyl (C=O) groups is 1. The predicted octanol–water partition coefficient (Wildman–Crippen LogP) is 2.38. The summed E-state index contributed by atoms with van der Waals surface area (Å²) in [5.74, 6) is -0.333. The number of alkyl halides is 2.